The highest BCUT2D eigenvalue weighted by molar-refractivity contribution is 7.15. The Balaban J connectivity index is 1.42. The molecule has 2 aromatic carbocycles. The number of carbonyl (C=O) groups is 2. The molecule has 1 aliphatic rings. The number of anilines is 2. The molecule has 172 valence electrons. The monoisotopic (exact) mass is 485 g/mol. The zero-order chi connectivity index (χ0) is 23.4. The molecule has 4 rings (SSSR count). The van der Waals surface area contributed by atoms with E-state index in [1.165, 1.54) is 18.4 Å². The number of nitrogens with zero attached hydrogens (tertiary/aromatic N) is 2. The number of carbonyl (C=O) groups excluding carboxylic acids is 2. The molecule has 9 heteroatoms. The molecule has 0 bridgehead atoms. The number of amides is 1. The van der Waals surface area contributed by atoms with Gasteiger partial charge in [-0.1, -0.05) is 41.9 Å². The average molecular weight is 486 g/mol. The number of ether oxygens (including phenoxy) is 1. The Kier molecular flexibility index (Phi) is 7.17. The van der Waals surface area contributed by atoms with Crippen molar-refractivity contribution in [3.05, 3.63) is 64.5 Å². The number of para-hydroxylation sites is 2. The molecular formula is C24H24ClN3O4S. The van der Waals surface area contributed by atoms with Gasteiger partial charge < -0.3 is 20.1 Å². The zero-order valence-electron chi connectivity index (χ0n) is 18.1. The van der Waals surface area contributed by atoms with Crippen molar-refractivity contribution in [1.82, 2.24) is 4.90 Å². The van der Waals surface area contributed by atoms with E-state index in [0.717, 1.165) is 5.69 Å². The standard InChI is InChI=1S/C24H24ClN3O4S/c1-32-24(31)22-17(16-6-2-3-7-18(16)25)15-33-23(22)26-21(30)14-27-10-12-28(13-11-27)19-8-4-5-9-20(19)29/h2-9,15,29H,10-14H2,1H3,(H,26,30). The van der Waals surface area contributed by atoms with Crippen molar-refractivity contribution in [3.8, 4) is 16.9 Å². The Morgan fingerprint density at radius 3 is 2.45 bits per heavy atom. The predicted molar refractivity (Wildman–Crippen MR) is 131 cm³/mol. The highest BCUT2D eigenvalue weighted by atomic mass is 35.5. The predicted octanol–water partition coefficient (Wildman–Crippen LogP) is 4.32. The van der Waals surface area contributed by atoms with Gasteiger partial charge in [-0.15, -0.1) is 11.3 Å². The van der Waals surface area contributed by atoms with Gasteiger partial charge in [0.2, 0.25) is 5.91 Å². The summed E-state index contributed by atoms with van der Waals surface area (Å²) in [6.07, 6.45) is 0. The summed E-state index contributed by atoms with van der Waals surface area (Å²) in [5.74, 6) is -0.479. The lowest BCUT2D eigenvalue weighted by Gasteiger charge is -2.35. The summed E-state index contributed by atoms with van der Waals surface area (Å²) >= 11 is 7.59. The zero-order valence-corrected chi connectivity index (χ0v) is 19.7. The van der Waals surface area contributed by atoms with Crippen molar-refractivity contribution < 1.29 is 19.4 Å². The van der Waals surface area contributed by atoms with Crippen molar-refractivity contribution in [3.63, 3.8) is 0 Å². The van der Waals surface area contributed by atoms with E-state index < -0.39 is 5.97 Å². The first-order chi connectivity index (χ1) is 16.0. The summed E-state index contributed by atoms with van der Waals surface area (Å²) in [7, 11) is 1.31. The van der Waals surface area contributed by atoms with Gasteiger partial charge in [-0.25, -0.2) is 4.79 Å². The van der Waals surface area contributed by atoms with Gasteiger partial charge in [0.1, 0.15) is 16.3 Å². The number of halogens is 1. The molecule has 1 aromatic heterocycles. The van der Waals surface area contributed by atoms with Crippen LogP contribution < -0.4 is 10.2 Å². The number of hydrogen-bond acceptors (Lipinski definition) is 7. The molecule has 0 atom stereocenters. The van der Waals surface area contributed by atoms with Crippen LogP contribution in [0.25, 0.3) is 11.1 Å². The van der Waals surface area contributed by atoms with E-state index in [1.54, 1.807) is 23.6 Å². The van der Waals surface area contributed by atoms with Crippen LogP contribution in [-0.2, 0) is 9.53 Å². The molecule has 0 spiro atoms. The number of thiophene rings is 1. The minimum atomic E-state index is -0.530. The fraction of sp³-hybridized carbons (Fsp3) is 0.250. The molecule has 3 aromatic rings. The van der Waals surface area contributed by atoms with Crippen LogP contribution in [0.3, 0.4) is 0 Å². The minimum Gasteiger partial charge on any atom is -0.506 e. The van der Waals surface area contributed by atoms with E-state index >= 15 is 0 Å². The van der Waals surface area contributed by atoms with E-state index in [2.05, 4.69) is 10.2 Å². The van der Waals surface area contributed by atoms with Gasteiger partial charge in [0, 0.05) is 47.7 Å². The van der Waals surface area contributed by atoms with Crippen molar-refractivity contribution in [2.24, 2.45) is 0 Å². The van der Waals surface area contributed by atoms with E-state index in [9.17, 15) is 14.7 Å². The van der Waals surface area contributed by atoms with Crippen LogP contribution >= 0.6 is 22.9 Å². The molecule has 1 aliphatic heterocycles. The van der Waals surface area contributed by atoms with E-state index in [-0.39, 0.29) is 18.2 Å². The Bertz CT molecular complexity index is 1160. The fourth-order valence-corrected chi connectivity index (χ4v) is 5.08. The number of phenolic OH excluding ortho intramolecular Hbond substituents is 1. The lowest BCUT2D eigenvalue weighted by atomic mass is 10.0. The molecule has 1 saturated heterocycles. The van der Waals surface area contributed by atoms with Crippen molar-refractivity contribution in [1.29, 1.82) is 0 Å². The molecule has 2 N–H and O–H groups in total. The molecule has 1 fully saturated rings. The van der Waals surface area contributed by atoms with Gasteiger partial charge in [0.05, 0.1) is 19.3 Å². The molecule has 7 nitrogen and oxygen atoms in total. The van der Waals surface area contributed by atoms with E-state index in [0.29, 0.717) is 52.9 Å². The second kappa shape index (κ2) is 10.2. The van der Waals surface area contributed by atoms with Crippen molar-refractivity contribution >= 4 is 45.5 Å². The topological polar surface area (TPSA) is 82.1 Å². The van der Waals surface area contributed by atoms with Crippen LogP contribution in [0.4, 0.5) is 10.7 Å². The first-order valence-corrected chi connectivity index (χ1v) is 11.7. The summed E-state index contributed by atoms with van der Waals surface area (Å²) in [6, 6.07) is 14.5. The molecular weight excluding hydrogens is 462 g/mol. The first kappa shape index (κ1) is 23.1. The number of nitrogens with one attached hydrogen (secondary N) is 1. The van der Waals surface area contributed by atoms with Gasteiger partial charge in [0.25, 0.3) is 0 Å². The quantitative estimate of drug-likeness (QED) is 0.506. The maximum absolute atomic E-state index is 12.8. The number of rotatable bonds is 6. The molecule has 0 radical (unpaired) electrons. The molecule has 33 heavy (non-hydrogen) atoms. The number of methoxy groups -OCH3 is 1. The SMILES string of the molecule is COC(=O)c1c(-c2ccccc2Cl)csc1NC(=O)CN1CCN(c2ccccc2O)CC1. The summed E-state index contributed by atoms with van der Waals surface area (Å²) in [5, 5.41) is 15.7. The van der Waals surface area contributed by atoms with Gasteiger partial charge in [0.15, 0.2) is 0 Å². The second-order valence-corrected chi connectivity index (χ2v) is 8.91. The molecule has 0 saturated carbocycles. The summed E-state index contributed by atoms with van der Waals surface area (Å²) in [5.41, 5.74) is 2.43. The molecule has 0 unspecified atom stereocenters. The Labute approximate surface area is 201 Å². The number of aromatic hydroxyl groups is 1. The lowest BCUT2D eigenvalue weighted by Crippen LogP contribution is -2.48. The van der Waals surface area contributed by atoms with Crippen molar-refractivity contribution in [2.75, 3.05) is 50.1 Å². The Morgan fingerprint density at radius 2 is 1.76 bits per heavy atom. The lowest BCUT2D eigenvalue weighted by molar-refractivity contribution is -0.117. The highest BCUT2D eigenvalue weighted by Crippen LogP contribution is 2.39. The smallest absolute Gasteiger partial charge is 0.341 e. The van der Waals surface area contributed by atoms with Gasteiger partial charge in [-0.05, 0) is 18.2 Å². The Hall–Kier alpha value is -3.07. The van der Waals surface area contributed by atoms with E-state index in [1.807, 2.05) is 35.2 Å². The largest absolute Gasteiger partial charge is 0.506 e. The number of phenols is 1. The maximum atomic E-state index is 12.8. The normalized spacial score (nSPS) is 14.2. The van der Waals surface area contributed by atoms with Gasteiger partial charge in [-0.2, -0.15) is 0 Å². The molecule has 0 aliphatic carbocycles. The number of hydrogen-bond donors (Lipinski definition) is 2. The van der Waals surface area contributed by atoms with Gasteiger partial charge >= 0.3 is 5.97 Å². The maximum Gasteiger partial charge on any atom is 0.341 e. The second-order valence-electron chi connectivity index (χ2n) is 7.63. The molecule has 2 heterocycles. The summed E-state index contributed by atoms with van der Waals surface area (Å²) < 4.78 is 4.97. The van der Waals surface area contributed by atoms with Crippen LogP contribution in [0.15, 0.2) is 53.9 Å². The number of benzene rings is 2. The summed E-state index contributed by atoms with van der Waals surface area (Å²) in [4.78, 5) is 29.5. The third-order valence-corrected chi connectivity index (χ3v) is 6.78. The number of piperazine rings is 1. The van der Waals surface area contributed by atoms with Crippen LogP contribution in [0.2, 0.25) is 5.02 Å². The van der Waals surface area contributed by atoms with Crippen LogP contribution in [0.1, 0.15) is 10.4 Å². The average Bonchev–Trinajstić information content (AvgIpc) is 3.23. The third-order valence-electron chi connectivity index (χ3n) is 5.56. The number of esters is 1. The van der Waals surface area contributed by atoms with Gasteiger partial charge in [-0.3, -0.25) is 9.69 Å². The van der Waals surface area contributed by atoms with Crippen molar-refractivity contribution in [2.45, 2.75) is 0 Å². The van der Waals surface area contributed by atoms with E-state index in [4.69, 9.17) is 16.3 Å². The van der Waals surface area contributed by atoms with Crippen LogP contribution in [0, 0.1) is 0 Å². The Morgan fingerprint density at radius 1 is 1.06 bits per heavy atom. The van der Waals surface area contributed by atoms with Crippen LogP contribution in [0.5, 0.6) is 5.75 Å². The highest BCUT2D eigenvalue weighted by Gasteiger charge is 2.25. The first-order valence-electron chi connectivity index (χ1n) is 10.5. The summed E-state index contributed by atoms with van der Waals surface area (Å²) in [6.45, 7) is 2.97. The third kappa shape index (κ3) is 5.13. The minimum absolute atomic E-state index is 0.203. The van der Waals surface area contributed by atoms with Crippen LogP contribution in [-0.4, -0.2) is 61.7 Å². The molecule has 1 amide bonds. The fourth-order valence-electron chi connectivity index (χ4n) is 3.88.